The number of hydrogen-bond acceptors (Lipinski definition) is 4. The van der Waals surface area contributed by atoms with Gasteiger partial charge in [0, 0.05) is 25.8 Å². The van der Waals surface area contributed by atoms with Crippen LogP contribution in [0.2, 0.25) is 0 Å². The van der Waals surface area contributed by atoms with Gasteiger partial charge in [-0.25, -0.2) is 0 Å². The molecule has 1 aliphatic rings. The molecule has 1 saturated heterocycles. The van der Waals surface area contributed by atoms with Crippen molar-refractivity contribution in [1.29, 1.82) is 0 Å². The SMILES string of the molecule is C=CCN(Cc1ccc(OC)cc1)C(=O)c1ccn(C2CCCNC2)n1. The molecule has 1 aromatic carbocycles. The highest BCUT2D eigenvalue weighted by Gasteiger charge is 2.21. The monoisotopic (exact) mass is 354 g/mol. The summed E-state index contributed by atoms with van der Waals surface area (Å²) in [5, 5.41) is 7.91. The van der Waals surface area contributed by atoms with Crippen molar-refractivity contribution in [1.82, 2.24) is 20.0 Å². The Morgan fingerprint density at radius 3 is 2.88 bits per heavy atom. The average molecular weight is 354 g/mol. The minimum atomic E-state index is -0.0803. The molecule has 2 aromatic rings. The van der Waals surface area contributed by atoms with E-state index in [0.717, 1.165) is 37.2 Å². The van der Waals surface area contributed by atoms with Crippen LogP contribution >= 0.6 is 0 Å². The zero-order valence-corrected chi connectivity index (χ0v) is 15.2. The zero-order valence-electron chi connectivity index (χ0n) is 15.2. The average Bonchev–Trinajstić information content (AvgIpc) is 3.18. The van der Waals surface area contributed by atoms with Crippen molar-refractivity contribution in [3.8, 4) is 5.75 Å². The van der Waals surface area contributed by atoms with Crippen molar-refractivity contribution < 1.29 is 9.53 Å². The maximum absolute atomic E-state index is 12.9. The standard InChI is InChI=1S/C20H26N4O2/c1-3-12-23(15-16-6-8-18(26-2)9-7-16)20(25)19-10-13-24(22-19)17-5-4-11-21-14-17/h3,6-10,13,17,21H,1,4-5,11-12,14-15H2,2H3. The molecule has 1 unspecified atom stereocenters. The number of aromatic nitrogens is 2. The fraction of sp³-hybridized carbons (Fsp3) is 0.400. The van der Waals surface area contributed by atoms with Crippen LogP contribution in [0.4, 0.5) is 0 Å². The van der Waals surface area contributed by atoms with Gasteiger partial charge in [0.05, 0.1) is 13.2 Å². The van der Waals surface area contributed by atoms with Crippen LogP contribution in [0.1, 0.15) is 34.9 Å². The van der Waals surface area contributed by atoms with Gasteiger partial charge in [0.2, 0.25) is 0 Å². The number of methoxy groups -OCH3 is 1. The van der Waals surface area contributed by atoms with Gasteiger partial charge in [0.25, 0.3) is 5.91 Å². The van der Waals surface area contributed by atoms with E-state index in [-0.39, 0.29) is 5.91 Å². The summed E-state index contributed by atoms with van der Waals surface area (Å²) in [6.45, 7) is 6.71. The summed E-state index contributed by atoms with van der Waals surface area (Å²) in [5.74, 6) is 0.721. The largest absolute Gasteiger partial charge is 0.497 e. The van der Waals surface area contributed by atoms with Crippen molar-refractivity contribution in [2.75, 3.05) is 26.7 Å². The van der Waals surface area contributed by atoms with E-state index < -0.39 is 0 Å². The van der Waals surface area contributed by atoms with Crippen LogP contribution < -0.4 is 10.1 Å². The number of rotatable bonds is 7. The van der Waals surface area contributed by atoms with Gasteiger partial charge < -0.3 is 15.0 Å². The predicted molar refractivity (Wildman–Crippen MR) is 101 cm³/mol. The second kappa shape index (κ2) is 8.67. The Bertz CT molecular complexity index is 733. The Hall–Kier alpha value is -2.60. The molecule has 0 bridgehead atoms. The molecule has 0 aliphatic carbocycles. The van der Waals surface area contributed by atoms with E-state index in [2.05, 4.69) is 17.0 Å². The second-order valence-corrected chi connectivity index (χ2v) is 6.50. The van der Waals surface area contributed by atoms with Gasteiger partial charge in [-0.2, -0.15) is 5.10 Å². The number of piperidine rings is 1. The molecule has 138 valence electrons. The number of carbonyl (C=O) groups excluding carboxylic acids is 1. The minimum Gasteiger partial charge on any atom is -0.497 e. The molecular formula is C20H26N4O2. The summed E-state index contributed by atoms with van der Waals surface area (Å²) < 4.78 is 7.10. The van der Waals surface area contributed by atoms with Crippen LogP contribution in [0.5, 0.6) is 5.75 Å². The van der Waals surface area contributed by atoms with Gasteiger partial charge in [-0.15, -0.1) is 6.58 Å². The van der Waals surface area contributed by atoms with Crippen LogP contribution in [0.15, 0.2) is 49.2 Å². The molecule has 6 nitrogen and oxygen atoms in total. The highest BCUT2D eigenvalue weighted by molar-refractivity contribution is 5.92. The molecular weight excluding hydrogens is 328 g/mol. The van der Waals surface area contributed by atoms with E-state index in [1.54, 1.807) is 24.2 Å². The van der Waals surface area contributed by atoms with Gasteiger partial charge >= 0.3 is 0 Å². The highest BCUT2D eigenvalue weighted by Crippen LogP contribution is 2.17. The summed E-state index contributed by atoms with van der Waals surface area (Å²) in [4.78, 5) is 14.7. The molecule has 1 atom stereocenters. The van der Waals surface area contributed by atoms with Crippen molar-refractivity contribution in [2.45, 2.75) is 25.4 Å². The molecule has 1 amide bonds. The number of nitrogens with zero attached hydrogens (tertiary/aromatic N) is 3. The highest BCUT2D eigenvalue weighted by atomic mass is 16.5. The second-order valence-electron chi connectivity index (χ2n) is 6.50. The first-order valence-electron chi connectivity index (χ1n) is 9.00. The first-order chi connectivity index (χ1) is 12.7. The van der Waals surface area contributed by atoms with Gasteiger partial charge in [-0.05, 0) is 43.1 Å². The summed E-state index contributed by atoms with van der Waals surface area (Å²) in [6, 6.07) is 9.86. The number of amides is 1. The van der Waals surface area contributed by atoms with Gasteiger partial charge in [0.15, 0.2) is 0 Å². The van der Waals surface area contributed by atoms with E-state index in [9.17, 15) is 4.79 Å². The molecule has 6 heteroatoms. The Balaban J connectivity index is 1.71. The lowest BCUT2D eigenvalue weighted by Gasteiger charge is -2.23. The topological polar surface area (TPSA) is 59.4 Å². The maximum atomic E-state index is 12.9. The van der Waals surface area contributed by atoms with E-state index in [1.807, 2.05) is 35.1 Å². The third-order valence-electron chi connectivity index (χ3n) is 4.64. The predicted octanol–water partition coefficient (Wildman–Crippen LogP) is 2.64. The first kappa shape index (κ1) is 18.2. The number of hydrogen-bond donors (Lipinski definition) is 1. The van der Waals surface area contributed by atoms with Crippen LogP contribution in [0.3, 0.4) is 0 Å². The lowest BCUT2D eigenvalue weighted by atomic mass is 10.1. The zero-order chi connectivity index (χ0) is 18.4. The Labute approximate surface area is 154 Å². The summed E-state index contributed by atoms with van der Waals surface area (Å²) in [5.41, 5.74) is 1.52. The van der Waals surface area contributed by atoms with Crippen molar-refractivity contribution >= 4 is 5.91 Å². The molecule has 1 N–H and O–H groups in total. The number of carbonyl (C=O) groups is 1. The quantitative estimate of drug-likeness (QED) is 0.777. The Kier molecular flexibility index (Phi) is 6.07. The molecule has 1 fully saturated rings. The molecule has 0 radical (unpaired) electrons. The van der Waals surface area contributed by atoms with Crippen molar-refractivity contribution in [3.63, 3.8) is 0 Å². The molecule has 3 rings (SSSR count). The van der Waals surface area contributed by atoms with E-state index in [0.29, 0.717) is 24.8 Å². The molecule has 0 saturated carbocycles. The Morgan fingerprint density at radius 1 is 1.42 bits per heavy atom. The fourth-order valence-corrected chi connectivity index (χ4v) is 3.20. The van der Waals surface area contributed by atoms with Gasteiger partial charge in [0.1, 0.15) is 11.4 Å². The molecule has 1 aromatic heterocycles. The molecule has 1 aliphatic heterocycles. The van der Waals surface area contributed by atoms with Crippen molar-refractivity contribution in [3.05, 3.63) is 60.4 Å². The first-order valence-corrected chi connectivity index (χ1v) is 9.00. The number of benzene rings is 1. The lowest BCUT2D eigenvalue weighted by Crippen LogP contribution is -2.33. The summed E-state index contributed by atoms with van der Waals surface area (Å²) >= 11 is 0. The van der Waals surface area contributed by atoms with E-state index in [4.69, 9.17) is 4.74 Å². The Morgan fingerprint density at radius 2 is 2.23 bits per heavy atom. The maximum Gasteiger partial charge on any atom is 0.274 e. The minimum absolute atomic E-state index is 0.0803. The van der Waals surface area contributed by atoms with Crippen LogP contribution in [-0.2, 0) is 6.54 Å². The molecule has 2 heterocycles. The van der Waals surface area contributed by atoms with Crippen molar-refractivity contribution in [2.24, 2.45) is 0 Å². The third kappa shape index (κ3) is 4.32. The van der Waals surface area contributed by atoms with E-state index >= 15 is 0 Å². The smallest absolute Gasteiger partial charge is 0.274 e. The van der Waals surface area contributed by atoms with Crippen LogP contribution in [0.25, 0.3) is 0 Å². The van der Waals surface area contributed by atoms with E-state index in [1.165, 1.54) is 0 Å². The van der Waals surface area contributed by atoms with Gasteiger partial charge in [-0.3, -0.25) is 9.48 Å². The van der Waals surface area contributed by atoms with Crippen LogP contribution in [-0.4, -0.2) is 47.3 Å². The fourth-order valence-electron chi connectivity index (χ4n) is 3.20. The third-order valence-corrected chi connectivity index (χ3v) is 4.64. The van der Waals surface area contributed by atoms with Gasteiger partial charge in [-0.1, -0.05) is 18.2 Å². The number of ether oxygens (including phenoxy) is 1. The molecule has 0 spiro atoms. The summed E-state index contributed by atoms with van der Waals surface area (Å²) in [6.07, 6.45) is 5.87. The normalized spacial score (nSPS) is 16.9. The molecule has 26 heavy (non-hydrogen) atoms. The lowest BCUT2D eigenvalue weighted by molar-refractivity contribution is 0.0755. The van der Waals surface area contributed by atoms with Crippen LogP contribution in [0, 0.1) is 0 Å². The summed E-state index contributed by atoms with van der Waals surface area (Å²) in [7, 11) is 1.64. The number of nitrogens with one attached hydrogen (secondary N) is 1.